The first-order valence-electron chi connectivity index (χ1n) is 10.7. The summed E-state index contributed by atoms with van der Waals surface area (Å²) in [6, 6.07) is 11.2. The average Bonchev–Trinajstić information content (AvgIpc) is 3.40. The third-order valence-corrected chi connectivity index (χ3v) is 5.19. The normalized spacial score (nSPS) is 16.1. The van der Waals surface area contributed by atoms with E-state index in [1.165, 1.54) is 0 Å². The minimum absolute atomic E-state index is 0.0370. The molecule has 1 atom stereocenters. The molecule has 1 aliphatic rings. The number of ether oxygens (including phenoxy) is 1. The second-order valence-corrected chi connectivity index (χ2v) is 8.44. The van der Waals surface area contributed by atoms with Gasteiger partial charge in [-0.05, 0) is 49.9 Å². The summed E-state index contributed by atoms with van der Waals surface area (Å²) in [7, 11) is 0. The van der Waals surface area contributed by atoms with Gasteiger partial charge in [-0.3, -0.25) is 9.59 Å². The van der Waals surface area contributed by atoms with Crippen LogP contribution in [0.2, 0.25) is 0 Å². The fraction of sp³-hybridized carbons (Fsp3) is 0.500. The van der Waals surface area contributed by atoms with Gasteiger partial charge in [-0.1, -0.05) is 31.5 Å². The van der Waals surface area contributed by atoms with Crippen LogP contribution in [0.1, 0.15) is 48.4 Å². The molecule has 30 heavy (non-hydrogen) atoms. The summed E-state index contributed by atoms with van der Waals surface area (Å²) < 4.78 is 11.2. The maximum atomic E-state index is 13.3. The second kappa shape index (κ2) is 10.4. The zero-order chi connectivity index (χ0) is 21.5. The number of furan rings is 1. The van der Waals surface area contributed by atoms with E-state index in [0.29, 0.717) is 25.2 Å². The van der Waals surface area contributed by atoms with Gasteiger partial charge in [-0.25, -0.2) is 0 Å². The lowest BCUT2D eigenvalue weighted by Gasteiger charge is -2.29. The van der Waals surface area contributed by atoms with Gasteiger partial charge in [0.15, 0.2) is 0 Å². The molecule has 162 valence electrons. The van der Waals surface area contributed by atoms with Crippen LogP contribution >= 0.6 is 0 Å². The van der Waals surface area contributed by atoms with E-state index in [2.05, 4.69) is 0 Å². The van der Waals surface area contributed by atoms with Gasteiger partial charge in [0, 0.05) is 25.3 Å². The zero-order valence-electron chi connectivity index (χ0n) is 18.2. The smallest absolute Gasteiger partial charge is 0.254 e. The Morgan fingerprint density at radius 2 is 2.00 bits per heavy atom. The molecule has 6 heteroatoms. The molecule has 0 unspecified atom stereocenters. The highest BCUT2D eigenvalue weighted by Crippen LogP contribution is 2.17. The van der Waals surface area contributed by atoms with Gasteiger partial charge in [0.25, 0.3) is 5.91 Å². The Kier molecular flexibility index (Phi) is 7.69. The van der Waals surface area contributed by atoms with Gasteiger partial charge in [-0.15, -0.1) is 0 Å². The number of carbonyl (C=O) groups is 2. The van der Waals surface area contributed by atoms with E-state index in [4.69, 9.17) is 9.15 Å². The molecule has 0 bridgehead atoms. The summed E-state index contributed by atoms with van der Waals surface area (Å²) in [5.74, 6) is 0.768. The lowest BCUT2D eigenvalue weighted by molar-refractivity contribution is -0.134. The van der Waals surface area contributed by atoms with Gasteiger partial charge in [0.2, 0.25) is 5.91 Å². The van der Waals surface area contributed by atoms with Crippen LogP contribution in [-0.4, -0.2) is 54.0 Å². The van der Waals surface area contributed by atoms with Crippen LogP contribution in [0.5, 0.6) is 0 Å². The van der Waals surface area contributed by atoms with Crippen LogP contribution in [0.15, 0.2) is 47.1 Å². The van der Waals surface area contributed by atoms with Crippen molar-refractivity contribution in [1.82, 2.24) is 9.80 Å². The van der Waals surface area contributed by atoms with E-state index in [1.807, 2.05) is 51.1 Å². The van der Waals surface area contributed by atoms with Crippen LogP contribution in [0.25, 0.3) is 0 Å². The van der Waals surface area contributed by atoms with Crippen molar-refractivity contribution in [3.8, 4) is 0 Å². The van der Waals surface area contributed by atoms with Gasteiger partial charge in [-0.2, -0.15) is 0 Å². The molecule has 0 aliphatic carbocycles. The van der Waals surface area contributed by atoms with Crippen LogP contribution in [0, 0.1) is 12.8 Å². The molecule has 1 aliphatic heterocycles. The first kappa shape index (κ1) is 22.1. The third-order valence-electron chi connectivity index (χ3n) is 5.19. The molecule has 1 saturated heterocycles. The highest BCUT2D eigenvalue weighted by molar-refractivity contribution is 5.96. The minimum atomic E-state index is -0.115. The molecule has 0 saturated carbocycles. The molecule has 2 aromatic rings. The van der Waals surface area contributed by atoms with Crippen molar-refractivity contribution in [1.29, 1.82) is 0 Å². The topological polar surface area (TPSA) is 63.0 Å². The predicted octanol–water partition coefficient (Wildman–Crippen LogP) is 3.89. The molecule has 2 heterocycles. The van der Waals surface area contributed by atoms with Crippen LogP contribution in [0.4, 0.5) is 0 Å². The van der Waals surface area contributed by atoms with Gasteiger partial charge < -0.3 is 19.0 Å². The molecular formula is C24H32N2O4. The van der Waals surface area contributed by atoms with Crippen molar-refractivity contribution in [3.05, 3.63) is 59.5 Å². The number of amides is 2. The van der Waals surface area contributed by atoms with E-state index in [0.717, 1.165) is 30.8 Å². The number of aryl methyl sites for hydroxylation is 1. The van der Waals surface area contributed by atoms with Crippen LogP contribution in [0.3, 0.4) is 0 Å². The average molecular weight is 413 g/mol. The van der Waals surface area contributed by atoms with E-state index in [1.54, 1.807) is 22.1 Å². The van der Waals surface area contributed by atoms with Crippen molar-refractivity contribution in [2.45, 2.75) is 46.3 Å². The first-order valence-corrected chi connectivity index (χ1v) is 10.7. The Bertz CT molecular complexity index is 825. The number of carbonyl (C=O) groups excluding carboxylic acids is 2. The number of hydrogen-bond acceptors (Lipinski definition) is 4. The van der Waals surface area contributed by atoms with Gasteiger partial charge >= 0.3 is 0 Å². The summed E-state index contributed by atoms with van der Waals surface area (Å²) in [5.41, 5.74) is 1.63. The molecule has 1 aromatic carbocycles. The quantitative estimate of drug-likeness (QED) is 0.627. The van der Waals surface area contributed by atoms with E-state index in [-0.39, 0.29) is 30.4 Å². The summed E-state index contributed by atoms with van der Waals surface area (Å²) in [4.78, 5) is 29.9. The number of nitrogens with zero attached hydrogens (tertiary/aromatic N) is 2. The lowest BCUT2D eigenvalue weighted by atomic mass is 10.1. The van der Waals surface area contributed by atoms with E-state index >= 15 is 0 Å². The summed E-state index contributed by atoms with van der Waals surface area (Å²) in [5, 5.41) is 0. The van der Waals surface area contributed by atoms with Crippen molar-refractivity contribution < 1.29 is 18.7 Å². The zero-order valence-corrected chi connectivity index (χ0v) is 18.2. The fourth-order valence-corrected chi connectivity index (χ4v) is 3.76. The Hall–Kier alpha value is -2.60. The molecule has 0 N–H and O–H groups in total. The number of rotatable bonds is 9. The second-order valence-electron chi connectivity index (χ2n) is 8.44. The molecule has 0 spiro atoms. The lowest BCUT2D eigenvalue weighted by Crippen LogP contribution is -2.46. The first-order chi connectivity index (χ1) is 14.4. The van der Waals surface area contributed by atoms with Crippen molar-refractivity contribution >= 4 is 11.8 Å². The maximum absolute atomic E-state index is 13.3. The molecule has 1 fully saturated rings. The SMILES string of the molecule is Cc1cccc(C(=O)N(CC(=O)N(Cc2ccco2)C[C@H]2CCCO2)CC(C)C)c1. The highest BCUT2D eigenvalue weighted by Gasteiger charge is 2.27. The Morgan fingerprint density at radius 1 is 1.17 bits per heavy atom. The van der Waals surface area contributed by atoms with E-state index < -0.39 is 0 Å². The maximum Gasteiger partial charge on any atom is 0.254 e. The van der Waals surface area contributed by atoms with Crippen molar-refractivity contribution in [3.63, 3.8) is 0 Å². The largest absolute Gasteiger partial charge is 0.467 e. The van der Waals surface area contributed by atoms with Crippen molar-refractivity contribution in [2.75, 3.05) is 26.2 Å². The van der Waals surface area contributed by atoms with Gasteiger partial charge in [0.05, 0.1) is 18.9 Å². The predicted molar refractivity (Wildman–Crippen MR) is 115 cm³/mol. The van der Waals surface area contributed by atoms with Gasteiger partial charge in [0.1, 0.15) is 12.3 Å². The Labute approximate surface area is 178 Å². The fourth-order valence-electron chi connectivity index (χ4n) is 3.76. The molecular weight excluding hydrogens is 380 g/mol. The van der Waals surface area contributed by atoms with E-state index in [9.17, 15) is 9.59 Å². The van der Waals surface area contributed by atoms with Crippen LogP contribution < -0.4 is 0 Å². The molecule has 1 aromatic heterocycles. The van der Waals surface area contributed by atoms with Crippen LogP contribution in [-0.2, 0) is 16.1 Å². The van der Waals surface area contributed by atoms with Crippen molar-refractivity contribution in [2.24, 2.45) is 5.92 Å². The molecule has 3 rings (SSSR count). The third kappa shape index (κ3) is 6.20. The molecule has 0 radical (unpaired) electrons. The molecule has 2 amide bonds. The molecule has 6 nitrogen and oxygen atoms in total. The Morgan fingerprint density at radius 3 is 2.63 bits per heavy atom. The summed E-state index contributed by atoms with van der Waals surface area (Å²) in [6.07, 6.45) is 3.60. The minimum Gasteiger partial charge on any atom is -0.467 e. The summed E-state index contributed by atoms with van der Waals surface area (Å²) >= 11 is 0. The standard InChI is InChI=1S/C24H32N2O4/c1-18(2)14-26(24(28)20-8-4-7-19(3)13-20)17-23(27)25(15-21-9-5-11-29-21)16-22-10-6-12-30-22/h4-5,7-9,11,13,18,22H,6,10,12,14-17H2,1-3H3/t22-/m1/s1. The number of benzene rings is 1. The summed E-state index contributed by atoms with van der Waals surface area (Å²) in [6.45, 7) is 8.24. The number of hydrogen-bond donors (Lipinski definition) is 0. The monoisotopic (exact) mass is 412 g/mol. The highest BCUT2D eigenvalue weighted by atomic mass is 16.5. The Balaban J connectivity index is 1.75.